The van der Waals surface area contributed by atoms with Crippen LogP contribution in [0.1, 0.15) is 6.42 Å². The largest absolute Gasteiger partial charge is 0.488 e. The molecular weight excluding hydrogens is 264 g/mol. The maximum atomic E-state index is 9.47. The Labute approximate surface area is 123 Å². The minimum absolute atomic E-state index is 0.0661. The van der Waals surface area contributed by atoms with Crippen molar-refractivity contribution < 1.29 is 9.84 Å². The van der Waals surface area contributed by atoms with E-state index in [1.807, 2.05) is 24.2 Å². The lowest BCUT2D eigenvalue weighted by Crippen LogP contribution is -2.32. The monoisotopic (exact) mass is 280 g/mol. The van der Waals surface area contributed by atoms with Crippen LogP contribution < -0.4 is 0 Å². The lowest BCUT2D eigenvalue weighted by molar-refractivity contribution is 0.251. The number of aliphatic hydroxyl groups excluding tert-OH is 1. The Bertz CT molecular complexity index is 730. The second-order valence-corrected chi connectivity index (χ2v) is 5.34. The highest BCUT2D eigenvalue weighted by Gasteiger charge is 2.30. The number of likely N-dealkylation sites (N-methyl/N-ethyl adjacent to an activating group) is 1. The van der Waals surface area contributed by atoms with Gasteiger partial charge in [-0.25, -0.2) is 4.99 Å². The number of ether oxygens (including phenoxy) is 1. The van der Waals surface area contributed by atoms with Gasteiger partial charge in [-0.15, -0.1) is 0 Å². The van der Waals surface area contributed by atoms with Crippen LogP contribution in [0.2, 0.25) is 0 Å². The lowest BCUT2D eigenvalue weighted by Gasteiger charge is -2.29. The predicted molar refractivity (Wildman–Crippen MR) is 81.4 cm³/mol. The molecule has 0 radical (unpaired) electrons. The van der Waals surface area contributed by atoms with Crippen molar-refractivity contribution in [2.45, 2.75) is 6.42 Å². The molecule has 21 heavy (non-hydrogen) atoms. The van der Waals surface area contributed by atoms with Crippen LogP contribution in [0.5, 0.6) is 0 Å². The minimum atomic E-state index is -0.0661. The first-order chi connectivity index (χ1) is 10.3. The van der Waals surface area contributed by atoms with E-state index in [1.165, 1.54) is 0 Å². The minimum Gasteiger partial charge on any atom is -0.488 e. The summed E-state index contributed by atoms with van der Waals surface area (Å²) in [5, 5.41) is 9.47. The van der Waals surface area contributed by atoms with Gasteiger partial charge in [-0.2, -0.15) is 0 Å². The van der Waals surface area contributed by atoms with E-state index in [9.17, 15) is 5.11 Å². The Kier molecular flexibility index (Phi) is 2.72. The van der Waals surface area contributed by atoms with Crippen LogP contribution in [0.15, 0.2) is 75.3 Å². The third-order valence-corrected chi connectivity index (χ3v) is 4.13. The van der Waals surface area contributed by atoms with Crippen LogP contribution in [0.4, 0.5) is 0 Å². The summed E-state index contributed by atoms with van der Waals surface area (Å²) in [4.78, 5) is 6.32. The van der Waals surface area contributed by atoms with Gasteiger partial charge in [0.05, 0.1) is 5.70 Å². The first-order valence-electron chi connectivity index (χ1n) is 7.07. The number of aliphatic hydroxyl groups is 1. The molecule has 0 aromatic heterocycles. The van der Waals surface area contributed by atoms with Crippen LogP contribution >= 0.6 is 0 Å². The van der Waals surface area contributed by atoms with Gasteiger partial charge in [-0.05, 0) is 24.1 Å². The Morgan fingerprint density at radius 3 is 3.05 bits per heavy atom. The van der Waals surface area contributed by atoms with E-state index in [-0.39, 0.29) is 6.61 Å². The summed E-state index contributed by atoms with van der Waals surface area (Å²) in [7, 11) is 1.95. The smallest absolute Gasteiger partial charge is 0.134 e. The number of amidine groups is 1. The maximum absolute atomic E-state index is 9.47. The summed E-state index contributed by atoms with van der Waals surface area (Å²) in [6.07, 6.45) is 13.3. The van der Waals surface area contributed by atoms with Crippen LogP contribution in [0, 0.1) is 0 Å². The zero-order chi connectivity index (χ0) is 14.4. The first-order valence-corrected chi connectivity index (χ1v) is 7.07. The van der Waals surface area contributed by atoms with E-state index >= 15 is 0 Å². The Balaban J connectivity index is 1.95. The molecule has 1 N–H and O–H groups in total. The molecule has 2 aliphatic heterocycles. The molecular formula is C17H16N2O2. The summed E-state index contributed by atoms with van der Waals surface area (Å²) >= 11 is 0. The van der Waals surface area contributed by atoms with Crippen molar-refractivity contribution in [3.8, 4) is 0 Å². The molecule has 4 nitrogen and oxygen atoms in total. The van der Waals surface area contributed by atoms with Crippen molar-refractivity contribution in [1.29, 1.82) is 0 Å². The number of hydrogen-bond acceptors (Lipinski definition) is 4. The highest BCUT2D eigenvalue weighted by atomic mass is 16.5. The first kappa shape index (κ1) is 12.4. The van der Waals surface area contributed by atoms with Crippen molar-refractivity contribution >= 4 is 5.84 Å². The van der Waals surface area contributed by atoms with Crippen LogP contribution in [-0.4, -0.2) is 36.1 Å². The molecule has 2 aliphatic carbocycles. The fraction of sp³-hybridized carbons (Fsp3) is 0.235. The average molecular weight is 280 g/mol. The van der Waals surface area contributed by atoms with Gasteiger partial charge in [0.1, 0.15) is 24.8 Å². The van der Waals surface area contributed by atoms with Gasteiger partial charge in [0, 0.05) is 30.0 Å². The number of hydrogen-bond donors (Lipinski definition) is 1. The molecule has 0 aromatic carbocycles. The molecule has 2 heterocycles. The van der Waals surface area contributed by atoms with E-state index in [0.29, 0.717) is 12.4 Å². The molecule has 0 saturated heterocycles. The third-order valence-electron chi connectivity index (χ3n) is 4.13. The number of rotatable bonds is 1. The highest BCUT2D eigenvalue weighted by Crippen LogP contribution is 2.41. The fourth-order valence-electron chi connectivity index (χ4n) is 3.13. The zero-order valence-corrected chi connectivity index (χ0v) is 11.8. The third kappa shape index (κ3) is 1.76. The van der Waals surface area contributed by atoms with Gasteiger partial charge in [0.15, 0.2) is 0 Å². The summed E-state index contributed by atoms with van der Waals surface area (Å²) in [6, 6.07) is 0. The van der Waals surface area contributed by atoms with Crippen molar-refractivity contribution in [3.63, 3.8) is 0 Å². The normalized spacial score (nSPS) is 23.0. The van der Waals surface area contributed by atoms with Gasteiger partial charge in [0.2, 0.25) is 0 Å². The fourth-order valence-corrected chi connectivity index (χ4v) is 3.13. The van der Waals surface area contributed by atoms with Gasteiger partial charge in [0.25, 0.3) is 0 Å². The zero-order valence-electron chi connectivity index (χ0n) is 11.8. The molecule has 4 aliphatic rings. The number of allylic oxidation sites excluding steroid dienone is 7. The van der Waals surface area contributed by atoms with Gasteiger partial charge < -0.3 is 14.7 Å². The summed E-state index contributed by atoms with van der Waals surface area (Å²) < 4.78 is 5.82. The quantitative estimate of drug-likeness (QED) is 0.801. The molecule has 106 valence electrons. The maximum Gasteiger partial charge on any atom is 0.134 e. The molecule has 0 saturated carbocycles. The van der Waals surface area contributed by atoms with E-state index in [2.05, 4.69) is 29.3 Å². The van der Waals surface area contributed by atoms with Crippen molar-refractivity contribution in [2.24, 2.45) is 4.99 Å². The molecule has 0 aromatic rings. The molecule has 4 heteroatoms. The Hall–Kier alpha value is -2.33. The van der Waals surface area contributed by atoms with Crippen molar-refractivity contribution in [1.82, 2.24) is 4.90 Å². The molecule has 0 fully saturated rings. The van der Waals surface area contributed by atoms with Crippen LogP contribution in [0.25, 0.3) is 0 Å². The number of fused-ring (bicyclic) bond motifs is 3. The van der Waals surface area contributed by atoms with Crippen molar-refractivity contribution in [3.05, 3.63) is 70.3 Å². The van der Waals surface area contributed by atoms with Gasteiger partial charge in [-0.1, -0.05) is 18.2 Å². The molecule has 4 rings (SSSR count). The summed E-state index contributed by atoms with van der Waals surface area (Å²) in [5.74, 6) is 1.62. The molecule has 0 spiro atoms. The second kappa shape index (κ2) is 4.60. The topological polar surface area (TPSA) is 45.1 Å². The van der Waals surface area contributed by atoms with E-state index in [4.69, 9.17) is 4.74 Å². The lowest BCUT2D eigenvalue weighted by atomic mass is 10.0. The van der Waals surface area contributed by atoms with Gasteiger partial charge >= 0.3 is 0 Å². The van der Waals surface area contributed by atoms with Crippen molar-refractivity contribution in [2.75, 3.05) is 20.3 Å². The SMILES string of the molecule is CN1C(CO)=NC=C2CC=CC3=C4OCC=CC4=CC3=C21. The van der Waals surface area contributed by atoms with Crippen LogP contribution in [-0.2, 0) is 4.74 Å². The number of nitrogens with zero attached hydrogens (tertiary/aromatic N) is 2. The standard InChI is InChI=1S/C17H16N2O2/c1-19-15(10-20)18-9-12-4-2-6-13-14(16(12)19)8-11-5-3-7-21-17(11)13/h2-3,5-6,8-9,20H,4,7,10H2,1H3. The van der Waals surface area contributed by atoms with E-state index in [1.54, 1.807) is 0 Å². The van der Waals surface area contributed by atoms with Crippen LogP contribution in [0.3, 0.4) is 0 Å². The molecule has 0 amide bonds. The molecule has 0 bridgehead atoms. The molecule has 0 unspecified atom stereocenters. The number of aliphatic imine (C=N–C) groups is 1. The predicted octanol–water partition coefficient (Wildman–Crippen LogP) is 2.20. The summed E-state index contributed by atoms with van der Waals surface area (Å²) in [6.45, 7) is 0.553. The second-order valence-electron chi connectivity index (χ2n) is 5.34. The van der Waals surface area contributed by atoms with Gasteiger partial charge in [-0.3, -0.25) is 0 Å². The molecule has 0 atom stereocenters. The average Bonchev–Trinajstić information content (AvgIpc) is 2.76. The van der Waals surface area contributed by atoms with E-state index in [0.717, 1.165) is 40.2 Å². The Morgan fingerprint density at radius 2 is 2.19 bits per heavy atom. The summed E-state index contributed by atoms with van der Waals surface area (Å²) in [5.41, 5.74) is 5.66. The van der Waals surface area contributed by atoms with E-state index < -0.39 is 0 Å². The Morgan fingerprint density at radius 1 is 1.29 bits per heavy atom. The highest BCUT2D eigenvalue weighted by molar-refractivity contribution is 5.88.